The maximum Gasteiger partial charge on any atom is 0.367 e. The Balaban J connectivity index is 3.79. The highest BCUT2D eigenvalue weighted by Crippen LogP contribution is 2.15. The van der Waals surface area contributed by atoms with Crippen LogP contribution in [0.4, 0.5) is 8.78 Å². The van der Waals surface area contributed by atoms with E-state index < -0.39 is 11.2 Å². The quantitative estimate of drug-likeness (QED) is 0.478. The van der Waals surface area contributed by atoms with Crippen LogP contribution in [0.1, 0.15) is 0 Å². The van der Waals surface area contributed by atoms with Crippen molar-refractivity contribution in [2.24, 2.45) is 5.73 Å². The Hall–Kier alpha value is -0.320. The zero-order valence-corrected chi connectivity index (χ0v) is 4.08. The lowest BCUT2D eigenvalue weighted by Crippen LogP contribution is -2.29. The van der Waals surface area contributed by atoms with Crippen LogP contribution in [0.25, 0.3) is 0 Å². The monoisotopic (exact) mass is 127 g/mol. The molecular weight excluding hydrogens is 124 g/mol. The molecule has 0 radical (unpaired) electrons. The fourth-order valence-corrected chi connectivity index (χ4v) is 0. The first-order chi connectivity index (χ1) is 2.94. The second kappa shape index (κ2) is 1.65. The van der Waals surface area contributed by atoms with E-state index in [9.17, 15) is 13.6 Å². The smallest absolute Gasteiger partial charge is 0.364 e. The zero-order chi connectivity index (χ0) is 6.08. The molecule has 0 fully saturated rings. The molecule has 0 saturated carbocycles. The number of carbonyl (C=O) groups is 1. The summed E-state index contributed by atoms with van der Waals surface area (Å²) in [5, 5.41) is -3.67. The number of primary amides is 1. The average molecular weight is 127 g/mol. The Morgan fingerprint density at radius 1 is 1.71 bits per heavy atom. The van der Waals surface area contributed by atoms with E-state index in [4.69, 9.17) is 0 Å². The van der Waals surface area contributed by atoms with Crippen LogP contribution in [-0.4, -0.2) is 11.2 Å². The predicted octanol–water partition coefficient (Wildman–Crippen LogP) is -0.00570. The largest absolute Gasteiger partial charge is 0.367 e. The van der Waals surface area contributed by atoms with Gasteiger partial charge in [0.15, 0.2) is 0 Å². The molecule has 0 aliphatic heterocycles. The molecule has 0 unspecified atom stereocenters. The summed E-state index contributed by atoms with van der Waals surface area (Å²) in [7, 11) is 0. The lowest BCUT2D eigenvalue weighted by Gasteiger charge is -1.99. The highest BCUT2D eigenvalue weighted by molar-refractivity contribution is 7.82. The maximum atomic E-state index is 11.2. The van der Waals surface area contributed by atoms with Gasteiger partial charge in [0.2, 0.25) is 0 Å². The van der Waals surface area contributed by atoms with E-state index in [0.717, 1.165) is 0 Å². The Morgan fingerprint density at radius 3 is 1.86 bits per heavy atom. The molecule has 7 heavy (non-hydrogen) atoms. The first kappa shape index (κ1) is 6.68. The van der Waals surface area contributed by atoms with Gasteiger partial charge in [-0.05, 0) is 0 Å². The van der Waals surface area contributed by atoms with E-state index in [1.54, 1.807) is 0 Å². The van der Waals surface area contributed by atoms with Crippen LogP contribution in [0.3, 0.4) is 0 Å². The number of nitrogens with two attached hydrogens (primary N) is 1. The molecule has 2 nitrogen and oxygen atoms in total. The van der Waals surface area contributed by atoms with Crippen molar-refractivity contribution in [3.05, 3.63) is 0 Å². The number of alkyl halides is 2. The third kappa shape index (κ3) is 2.38. The molecule has 0 aromatic carbocycles. The zero-order valence-electron chi connectivity index (χ0n) is 3.19. The lowest BCUT2D eigenvalue weighted by atomic mass is 10.7. The van der Waals surface area contributed by atoms with Crippen LogP contribution in [0, 0.1) is 0 Å². The first-order valence-electron chi connectivity index (χ1n) is 1.34. The van der Waals surface area contributed by atoms with Gasteiger partial charge < -0.3 is 5.73 Å². The molecule has 0 aliphatic rings. The fraction of sp³-hybridized carbons (Fsp3) is 0.500. The van der Waals surface area contributed by atoms with Crippen LogP contribution in [0.5, 0.6) is 0 Å². The average Bonchev–Trinajstić information content (AvgIpc) is 1.31. The van der Waals surface area contributed by atoms with Crippen molar-refractivity contribution in [2.45, 2.75) is 5.25 Å². The molecule has 0 saturated heterocycles. The van der Waals surface area contributed by atoms with Crippen molar-refractivity contribution >= 4 is 18.5 Å². The summed E-state index contributed by atoms with van der Waals surface area (Å²) in [5.74, 6) is -1.73. The number of thiol groups is 1. The van der Waals surface area contributed by atoms with E-state index in [1.165, 1.54) is 0 Å². The van der Waals surface area contributed by atoms with Gasteiger partial charge in [-0.3, -0.25) is 4.79 Å². The first-order valence-corrected chi connectivity index (χ1v) is 1.79. The highest BCUT2D eigenvalue weighted by atomic mass is 32.1. The van der Waals surface area contributed by atoms with Crippen molar-refractivity contribution < 1.29 is 13.6 Å². The van der Waals surface area contributed by atoms with Gasteiger partial charge in [0.25, 0.3) is 5.91 Å². The molecular formula is C2H3F2NOS. The summed E-state index contributed by atoms with van der Waals surface area (Å²) < 4.78 is 22.5. The van der Waals surface area contributed by atoms with E-state index in [-0.39, 0.29) is 0 Å². The molecule has 2 N–H and O–H groups in total. The molecule has 0 aromatic rings. The van der Waals surface area contributed by atoms with Gasteiger partial charge in [0.05, 0.1) is 0 Å². The summed E-state index contributed by atoms with van der Waals surface area (Å²) in [6.07, 6.45) is 0. The molecule has 0 rings (SSSR count). The van der Waals surface area contributed by atoms with Gasteiger partial charge in [-0.25, -0.2) is 0 Å². The topological polar surface area (TPSA) is 43.1 Å². The molecule has 0 aromatic heterocycles. The highest BCUT2D eigenvalue weighted by Gasteiger charge is 2.30. The van der Waals surface area contributed by atoms with Crippen molar-refractivity contribution in [1.29, 1.82) is 0 Å². The molecule has 5 heteroatoms. The molecule has 0 atom stereocenters. The summed E-state index contributed by atoms with van der Waals surface area (Å²) >= 11 is 2.54. The van der Waals surface area contributed by atoms with Crippen LogP contribution in [0.2, 0.25) is 0 Å². The van der Waals surface area contributed by atoms with Crippen molar-refractivity contribution in [3.8, 4) is 0 Å². The summed E-state index contributed by atoms with van der Waals surface area (Å²) in [5.41, 5.74) is 4.10. The van der Waals surface area contributed by atoms with E-state index in [2.05, 4.69) is 18.4 Å². The minimum absolute atomic E-state index is 1.73. The summed E-state index contributed by atoms with van der Waals surface area (Å²) in [6.45, 7) is 0. The van der Waals surface area contributed by atoms with Crippen molar-refractivity contribution in [2.75, 3.05) is 0 Å². The van der Waals surface area contributed by atoms with Crippen LogP contribution < -0.4 is 5.73 Å². The van der Waals surface area contributed by atoms with Crippen LogP contribution >= 0.6 is 12.6 Å². The van der Waals surface area contributed by atoms with E-state index in [0.29, 0.717) is 0 Å². The predicted molar refractivity (Wildman–Crippen MR) is 23.1 cm³/mol. The van der Waals surface area contributed by atoms with Crippen LogP contribution in [0.15, 0.2) is 0 Å². The number of hydrogen-bond donors (Lipinski definition) is 2. The fourth-order valence-electron chi connectivity index (χ4n) is 0. The van der Waals surface area contributed by atoms with Gasteiger partial charge in [0.1, 0.15) is 0 Å². The summed E-state index contributed by atoms with van der Waals surface area (Å²) in [4.78, 5) is 9.42. The Morgan fingerprint density at radius 2 is 1.86 bits per heavy atom. The van der Waals surface area contributed by atoms with Gasteiger partial charge in [-0.2, -0.15) is 8.78 Å². The van der Waals surface area contributed by atoms with E-state index >= 15 is 0 Å². The second-order valence-corrected chi connectivity index (χ2v) is 1.47. The molecule has 1 amide bonds. The second-order valence-electron chi connectivity index (χ2n) is 0.905. The van der Waals surface area contributed by atoms with Gasteiger partial charge in [-0.15, -0.1) is 0 Å². The minimum Gasteiger partial charge on any atom is -0.364 e. The third-order valence-electron chi connectivity index (χ3n) is 0.296. The molecule has 0 aliphatic carbocycles. The van der Waals surface area contributed by atoms with Crippen molar-refractivity contribution in [1.82, 2.24) is 0 Å². The molecule has 0 spiro atoms. The maximum absolute atomic E-state index is 11.2. The number of carbonyl (C=O) groups excluding carboxylic acids is 1. The number of hydrogen-bond acceptors (Lipinski definition) is 2. The number of amides is 1. The molecule has 0 bridgehead atoms. The van der Waals surface area contributed by atoms with Gasteiger partial charge in [0, 0.05) is 0 Å². The summed E-state index contributed by atoms with van der Waals surface area (Å²) in [6, 6.07) is 0. The normalized spacial score (nSPS) is 11.3. The van der Waals surface area contributed by atoms with Gasteiger partial charge >= 0.3 is 5.25 Å². The number of halogens is 2. The Kier molecular flexibility index (Phi) is 1.58. The Bertz CT molecular complexity index is 88.2. The molecule has 0 heterocycles. The standard InChI is InChI=1S/C2H3F2NOS/c3-2(4,7)1(5)6/h7H,(H2,5,6). The number of rotatable bonds is 1. The minimum atomic E-state index is -3.67. The van der Waals surface area contributed by atoms with Gasteiger partial charge in [-0.1, -0.05) is 12.6 Å². The third-order valence-corrected chi connectivity index (χ3v) is 0.517. The Labute approximate surface area is 44.1 Å². The lowest BCUT2D eigenvalue weighted by molar-refractivity contribution is -0.131. The van der Waals surface area contributed by atoms with Crippen LogP contribution in [-0.2, 0) is 4.79 Å². The van der Waals surface area contributed by atoms with Crippen molar-refractivity contribution in [3.63, 3.8) is 0 Å². The molecule has 42 valence electrons. The van der Waals surface area contributed by atoms with E-state index in [1.807, 2.05) is 0 Å². The SMILES string of the molecule is NC(=O)C(F)(F)S.